The SMILES string of the molecule is CCOC(=O)CC(CC)NCc1cccc(C(F)(F)F)c1. The van der Waals surface area contributed by atoms with E-state index in [2.05, 4.69) is 5.32 Å². The van der Waals surface area contributed by atoms with Gasteiger partial charge in [-0.05, 0) is 25.0 Å². The number of benzene rings is 1. The van der Waals surface area contributed by atoms with Gasteiger partial charge in [0.1, 0.15) is 0 Å². The van der Waals surface area contributed by atoms with Gasteiger partial charge < -0.3 is 10.1 Å². The summed E-state index contributed by atoms with van der Waals surface area (Å²) in [6.45, 7) is 4.24. The van der Waals surface area contributed by atoms with E-state index in [4.69, 9.17) is 4.74 Å². The summed E-state index contributed by atoms with van der Waals surface area (Å²) in [5.74, 6) is -0.305. The first kappa shape index (κ1) is 17.5. The van der Waals surface area contributed by atoms with E-state index in [1.165, 1.54) is 6.07 Å². The van der Waals surface area contributed by atoms with Gasteiger partial charge in [0, 0.05) is 12.6 Å². The van der Waals surface area contributed by atoms with Crippen LogP contribution in [0.3, 0.4) is 0 Å². The molecule has 0 aliphatic rings. The van der Waals surface area contributed by atoms with E-state index in [-0.39, 0.29) is 25.0 Å². The minimum atomic E-state index is -4.34. The molecule has 0 aromatic heterocycles. The smallest absolute Gasteiger partial charge is 0.416 e. The third-order valence-corrected chi connectivity index (χ3v) is 3.06. The molecule has 6 heteroatoms. The number of alkyl halides is 3. The molecule has 0 spiro atoms. The lowest BCUT2D eigenvalue weighted by molar-refractivity contribution is -0.143. The van der Waals surface area contributed by atoms with Crippen LogP contribution < -0.4 is 5.32 Å². The van der Waals surface area contributed by atoms with Gasteiger partial charge in [-0.25, -0.2) is 0 Å². The number of halogens is 3. The van der Waals surface area contributed by atoms with E-state index in [1.807, 2.05) is 6.92 Å². The second kappa shape index (κ2) is 8.02. The van der Waals surface area contributed by atoms with Crippen molar-refractivity contribution in [2.45, 2.75) is 45.5 Å². The molecule has 0 radical (unpaired) electrons. The third-order valence-electron chi connectivity index (χ3n) is 3.06. The van der Waals surface area contributed by atoms with Gasteiger partial charge in [-0.15, -0.1) is 0 Å². The van der Waals surface area contributed by atoms with E-state index < -0.39 is 11.7 Å². The van der Waals surface area contributed by atoms with Crippen molar-refractivity contribution in [3.63, 3.8) is 0 Å². The van der Waals surface area contributed by atoms with Gasteiger partial charge in [0.15, 0.2) is 0 Å². The first-order valence-electron chi connectivity index (χ1n) is 6.92. The van der Waals surface area contributed by atoms with Crippen LogP contribution in [0.2, 0.25) is 0 Å². The highest BCUT2D eigenvalue weighted by Gasteiger charge is 2.30. The predicted octanol–water partition coefficient (Wildman–Crippen LogP) is 3.53. The summed E-state index contributed by atoms with van der Waals surface area (Å²) in [5, 5.41) is 3.09. The molecule has 1 aromatic carbocycles. The third kappa shape index (κ3) is 6.16. The normalized spacial score (nSPS) is 13.0. The number of carbonyl (C=O) groups is 1. The monoisotopic (exact) mass is 303 g/mol. The summed E-state index contributed by atoms with van der Waals surface area (Å²) in [7, 11) is 0. The summed E-state index contributed by atoms with van der Waals surface area (Å²) in [6, 6.07) is 5.05. The molecule has 1 aromatic rings. The van der Waals surface area contributed by atoms with E-state index in [1.54, 1.807) is 13.0 Å². The van der Waals surface area contributed by atoms with Crippen molar-refractivity contribution >= 4 is 5.97 Å². The highest BCUT2D eigenvalue weighted by molar-refractivity contribution is 5.70. The molecule has 1 unspecified atom stereocenters. The molecule has 21 heavy (non-hydrogen) atoms. The second-order valence-corrected chi connectivity index (χ2v) is 4.69. The van der Waals surface area contributed by atoms with Crippen molar-refractivity contribution in [2.24, 2.45) is 0 Å². The van der Waals surface area contributed by atoms with Crippen LogP contribution in [0, 0.1) is 0 Å². The van der Waals surface area contributed by atoms with Crippen molar-refractivity contribution in [2.75, 3.05) is 6.61 Å². The Morgan fingerprint density at radius 1 is 1.33 bits per heavy atom. The van der Waals surface area contributed by atoms with Crippen LogP contribution >= 0.6 is 0 Å². The lowest BCUT2D eigenvalue weighted by Crippen LogP contribution is -2.31. The second-order valence-electron chi connectivity index (χ2n) is 4.69. The average molecular weight is 303 g/mol. The molecule has 0 aliphatic carbocycles. The number of hydrogen-bond acceptors (Lipinski definition) is 3. The average Bonchev–Trinajstić information content (AvgIpc) is 2.43. The number of esters is 1. The summed E-state index contributed by atoms with van der Waals surface area (Å²) in [4.78, 5) is 11.4. The molecule has 0 amide bonds. The van der Waals surface area contributed by atoms with Crippen LogP contribution in [0.4, 0.5) is 13.2 Å². The van der Waals surface area contributed by atoms with Crippen LogP contribution in [0.15, 0.2) is 24.3 Å². The number of ether oxygens (including phenoxy) is 1. The van der Waals surface area contributed by atoms with Gasteiger partial charge in [-0.1, -0.05) is 25.1 Å². The predicted molar refractivity (Wildman–Crippen MR) is 73.6 cm³/mol. The van der Waals surface area contributed by atoms with Crippen molar-refractivity contribution in [1.29, 1.82) is 0 Å². The highest BCUT2D eigenvalue weighted by Crippen LogP contribution is 2.29. The maximum atomic E-state index is 12.6. The standard InChI is InChI=1S/C15H20F3NO2/c1-3-13(9-14(20)21-4-2)19-10-11-6-5-7-12(8-11)15(16,17)18/h5-8,13,19H,3-4,9-10H2,1-2H3. The molecule has 0 saturated heterocycles. The Morgan fingerprint density at radius 3 is 2.62 bits per heavy atom. The molecule has 0 fully saturated rings. The zero-order chi connectivity index (χ0) is 15.9. The summed E-state index contributed by atoms with van der Waals surface area (Å²) in [6.07, 6.45) is -3.44. The molecule has 0 saturated carbocycles. The zero-order valence-corrected chi connectivity index (χ0v) is 12.2. The molecule has 0 heterocycles. The van der Waals surface area contributed by atoms with Crippen molar-refractivity contribution in [3.05, 3.63) is 35.4 Å². The molecule has 1 N–H and O–H groups in total. The van der Waals surface area contributed by atoms with E-state index in [0.29, 0.717) is 18.6 Å². The van der Waals surface area contributed by atoms with E-state index >= 15 is 0 Å². The lowest BCUT2D eigenvalue weighted by atomic mass is 10.1. The fourth-order valence-corrected chi connectivity index (χ4v) is 1.90. The van der Waals surface area contributed by atoms with Crippen molar-refractivity contribution in [1.82, 2.24) is 5.32 Å². The van der Waals surface area contributed by atoms with Crippen LogP contribution in [0.25, 0.3) is 0 Å². The molecule has 0 bridgehead atoms. The lowest BCUT2D eigenvalue weighted by Gasteiger charge is -2.16. The Labute approximate surface area is 122 Å². The first-order chi connectivity index (χ1) is 9.86. The maximum absolute atomic E-state index is 12.6. The van der Waals surface area contributed by atoms with Crippen LogP contribution in [-0.2, 0) is 22.3 Å². The number of carbonyl (C=O) groups excluding carboxylic acids is 1. The fraction of sp³-hybridized carbons (Fsp3) is 0.533. The molecular weight excluding hydrogens is 283 g/mol. The van der Waals surface area contributed by atoms with Crippen LogP contribution in [-0.4, -0.2) is 18.6 Å². The number of hydrogen-bond donors (Lipinski definition) is 1. The summed E-state index contributed by atoms with van der Waals surface area (Å²) >= 11 is 0. The molecular formula is C15H20F3NO2. The Morgan fingerprint density at radius 2 is 2.05 bits per heavy atom. The molecule has 1 rings (SSSR count). The minimum absolute atomic E-state index is 0.112. The Bertz CT molecular complexity index is 460. The van der Waals surface area contributed by atoms with E-state index in [0.717, 1.165) is 12.1 Å². The first-order valence-corrected chi connectivity index (χ1v) is 6.92. The van der Waals surface area contributed by atoms with Gasteiger partial charge in [0.25, 0.3) is 0 Å². The Balaban J connectivity index is 2.59. The van der Waals surface area contributed by atoms with Gasteiger partial charge in [0.2, 0.25) is 0 Å². The fourth-order valence-electron chi connectivity index (χ4n) is 1.90. The summed E-state index contributed by atoms with van der Waals surface area (Å²) in [5.41, 5.74) is -0.132. The highest BCUT2D eigenvalue weighted by atomic mass is 19.4. The quantitative estimate of drug-likeness (QED) is 0.783. The van der Waals surface area contributed by atoms with Gasteiger partial charge in [-0.3, -0.25) is 4.79 Å². The zero-order valence-electron chi connectivity index (χ0n) is 12.2. The van der Waals surface area contributed by atoms with Gasteiger partial charge in [0.05, 0.1) is 18.6 Å². The van der Waals surface area contributed by atoms with Gasteiger partial charge >= 0.3 is 12.1 Å². The number of rotatable bonds is 7. The van der Waals surface area contributed by atoms with Crippen LogP contribution in [0.1, 0.15) is 37.8 Å². The maximum Gasteiger partial charge on any atom is 0.416 e. The summed E-state index contributed by atoms with van der Waals surface area (Å²) < 4.78 is 42.7. The molecule has 118 valence electrons. The minimum Gasteiger partial charge on any atom is -0.466 e. The van der Waals surface area contributed by atoms with Crippen molar-refractivity contribution in [3.8, 4) is 0 Å². The molecule has 0 aliphatic heterocycles. The largest absolute Gasteiger partial charge is 0.466 e. The molecule has 3 nitrogen and oxygen atoms in total. The van der Waals surface area contributed by atoms with E-state index in [9.17, 15) is 18.0 Å². The number of nitrogens with one attached hydrogen (secondary N) is 1. The van der Waals surface area contributed by atoms with Gasteiger partial charge in [-0.2, -0.15) is 13.2 Å². The topological polar surface area (TPSA) is 38.3 Å². The van der Waals surface area contributed by atoms with Crippen molar-refractivity contribution < 1.29 is 22.7 Å². The Hall–Kier alpha value is -1.56. The molecule has 1 atom stereocenters. The Kier molecular flexibility index (Phi) is 6.68. The van der Waals surface area contributed by atoms with Crippen LogP contribution in [0.5, 0.6) is 0 Å².